The summed E-state index contributed by atoms with van der Waals surface area (Å²) in [5.41, 5.74) is 0.477. The number of thiazole rings is 2. The summed E-state index contributed by atoms with van der Waals surface area (Å²) in [5, 5.41) is 4.06. The van der Waals surface area contributed by atoms with Crippen LogP contribution in [-0.2, 0) is 9.47 Å². The lowest BCUT2D eigenvalue weighted by Crippen LogP contribution is -2.37. The fourth-order valence-electron chi connectivity index (χ4n) is 2.11. The molecule has 0 unspecified atom stereocenters. The molecule has 1 N–H and O–H groups in total. The average molecular weight is 624 g/mol. The van der Waals surface area contributed by atoms with Crippen LogP contribution in [-0.4, -0.2) is 39.9 Å². The largest absolute Gasteiger partial charge is 0.444 e. The number of terminal acetylenes is 1. The fourth-order valence-corrected chi connectivity index (χ4v) is 5.05. The van der Waals surface area contributed by atoms with Gasteiger partial charge in [0.2, 0.25) is 0 Å². The van der Waals surface area contributed by atoms with Gasteiger partial charge in [-0.15, -0.1) is 6.42 Å². The van der Waals surface area contributed by atoms with Gasteiger partial charge in [-0.3, -0.25) is 10.2 Å². The molecule has 0 aliphatic heterocycles. The molecule has 0 aliphatic rings. The maximum Gasteiger partial charge on any atom is 0.416 e. The molecule has 12 heteroatoms. The van der Waals surface area contributed by atoms with Crippen LogP contribution in [0.25, 0.3) is 0 Å². The van der Waals surface area contributed by atoms with Gasteiger partial charge in [-0.25, -0.2) is 19.6 Å². The summed E-state index contributed by atoms with van der Waals surface area (Å²) in [4.78, 5) is 33.3. The predicted molar refractivity (Wildman–Crippen MR) is 141 cm³/mol. The highest BCUT2D eigenvalue weighted by atomic mass is 79.9. The quantitative estimate of drug-likeness (QED) is 0.365. The van der Waals surface area contributed by atoms with Crippen molar-refractivity contribution in [3.8, 4) is 12.3 Å². The lowest BCUT2D eigenvalue weighted by Gasteiger charge is -2.25. The third-order valence-electron chi connectivity index (χ3n) is 3.24. The maximum absolute atomic E-state index is 12.1. The molecule has 0 saturated heterocycles. The first-order valence-electron chi connectivity index (χ1n) is 9.72. The minimum atomic E-state index is -0.556. The van der Waals surface area contributed by atoms with Crippen molar-refractivity contribution in [3.05, 3.63) is 19.2 Å². The molecule has 2 amide bonds. The molecular weight excluding hydrogens is 596 g/mol. The molecule has 33 heavy (non-hydrogen) atoms. The normalized spacial score (nSPS) is 11.1. The van der Waals surface area contributed by atoms with Gasteiger partial charge in [0.25, 0.3) is 0 Å². The van der Waals surface area contributed by atoms with Crippen molar-refractivity contribution >= 4 is 76.7 Å². The van der Waals surface area contributed by atoms with Crippen LogP contribution < -0.4 is 10.2 Å². The zero-order chi connectivity index (χ0) is 25.6. The number of carbonyl (C=O) groups is 2. The Kier molecular flexibility index (Phi) is 10.8. The Balaban J connectivity index is 0.000000335. The minimum absolute atomic E-state index is 0.157. The molecule has 182 valence electrons. The van der Waals surface area contributed by atoms with E-state index in [4.69, 9.17) is 15.9 Å². The van der Waals surface area contributed by atoms with E-state index >= 15 is 0 Å². The van der Waals surface area contributed by atoms with Gasteiger partial charge < -0.3 is 9.47 Å². The van der Waals surface area contributed by atoms with Crippen molar-refractivity contribution in [2.45, 2.75) is 66.6 Å². The van der Waals surface area contributed by atoms with Gasteiger partial charge in [0.05, 0.1) is 17.9 Å². The highest BCUT2D eigenvalue weighted by molar-refractivity contribution is 9.11. The van der Waals surface area contributed by atoms with Gasteiger partial charge in [-0.1, -0.05) is 28.6 Å². The third-order valence-corrected chi connectivity index (χ3v) is 6.40. The van der Waals surface area contributed by atoms with E-state index in [0.717, 1.165) is 15.3 Å². The van der Waals surface area contributed by atoms with E-state index < -0.39 is 23.4 Å². The number of anilines is 2. The van der Waals surface area contributed by atoms with Crippen molar-refractivity contribution < 1.29 is 19.1 Å². The van der Waals surface area contributed by atoms with Crippen LogP contribution in [0.15, 0.2) is 7.83 Å². The molecule has 0 bridgehead atoms. The van der Waals surface area contributed by atoms with Gasteiger partial charge in [-0.05, 0) is 87.2 Å². The summed E-state index contributed by atoms with van der Waals surface area (Å²) in [6.45, 7) is 14.7. The number of halogens is 2. The molecule has 0 spiro atoms. The molecule has 8 nitrogen and oxygen atoms in total. The second-order valence-electron chi connectivity index (χ2n) is 8.64. The Morgan fingerprint density at radius 3 is 1.91 bits per heavy atom. The molecule has 2 rings (SSSR count). The van der Waals surface area contributed by atoms with Crippen LogP contribution in [0.2, 0.25) is 0 Å². The van der Waals surface area contributed by atoms with Gasteiger partial charge in [0.1, 0.15) is 21.2 Å². The van der Waals surface area contributed by atoms with Crippen molar-refractivity contribution in [2.75, 3.05) is 16.8 Å². The Morgan fingerprint density at radius 2 is 1.52 bits per heavy atom. The Bertz CT molecular complexity index is 1020. The van der Waals surface area contributed by atoms with E-state index in [1.165, 1.54) is 27.6 Å². The Labute approximate surface area is 219 Å². The lowest BCUT2D eigenvalue weighted by atomic mass is 10.2. The van der Waals surface area contributed by atoms with E-state index in [9.17, 15) is 9.59 Å². The van der Waals surface area contributed by atoms with Crippen LogP contribution in [0.3, 0.4) is 0 Å². The summed E-state index contributed by atoms with van der Waals surface area (Å²) in [6, 6.07) is 0. The third kappa shape index (κ3) is 10.9. The van der Waals surface area contributed by atoms with Crippen molar-refractivity contribution in [2.24, 2.45) is 0 Å². The monoisotopic (exact) mass is 622 g/mol. The number of hydrogen-bond donors (Lipinski definition) is 1. The second-order valence-corrected chi connectivity index (χ2v) is 13.2. The molecule has 2 aromatic heterocycles. The van der Waals surface area contributed by atoms with E-state index in [1.54, 1.807) is 0 Å². The number of hydrogen-bond acceptors (Lipinski definition) is 8. The van der Waals surface area contributed by atoms with E-state index in [2.05, 4.69) is 53.1 Å². The van der Waals surface area contributed by atoms with Crippen molar-refractivity contribution in [3.63, 3.8) is 0 Å². The maximum atomic E-state index is 12.1. The smallest absolute Gasteiger partial charge is 0.416 e. The van der Waals surface area contributed by atoms with Gasteiger partial charge in [0.15, 0.2) is 7.83 Å². The number of aromatic nitrogens is 2. The topological polar surface area (TPSA) is 93.7 Å². The first-order chi connectivity index (χ1) is 15.0. The molecular formula is C21H28Br2N4O4S2. The summed E-state index contributed by atoms with van der Waals surface area (Å²) in [6.07, 6.45) is 4.38. The van der Waals surface area contributed by atoms with Crippen LogP contribution in [0.4, 0.5) is 19.6 Å². The van der Waals surface area contributed by atoms with Crippen LogP contribution in [0.1, 0.15) is 52.9 Å². The van der Waals surface area contributed by atoms with Crippen LogP contribution in [0, 0.1) is 26.2 Å². The standard InChI is InChI=1S/C12H15BrN2O2S.C9H13BrN2O2S/c1-6-7-15(11(16)17-12(3,4)5)9-8(2)14-10(13)18-9;1-5-6(15-7(10)11-5)12-8(13)14-9(2,3)4/h1H,7H2,2-5H3;1-4H3,(H,12,13). The molecule has 0 saturated carbocycles. The van der Waals surface area contributed by atoms with E-state index in [-0.39, 0.29) is 6.54 Å². The number of rotatable bonds is 3. The van der Waals surface area contributed by atoms with Gasteiger partial charge >= 0.3 is 12.2 Å². The fraction of sp³-hybridized carbons (Fsp3) is 0.524. The van der Waals surface area contributed by atoms with E-state index in [1.807, 2.05) is 55.4 Å². The highest BCUT2D eigenvalue weighted by Gasteiger charge is 2.25. The molecule has 2 heterocycles. The minimum Gasteiger partial charge on any atom is -0.444 e. The number of nitrogens with one attached hydrogen (secondary N) is 1. The summed E-state index contributed by atoms with van der Waals surface area (Å²) in [7, 11) is 0. The number of nitrogens with zero attached hydrogens (tertiary/aromatic N) is 3. The van der Waals surface area contributed by atoms with Crippen LogP contribution >= 0.6 is 54.5 Å². The Hall–Kier alpha value is -1.68. The number of amides is 2. The van der Waals surface area contributed by atoms with Gasteiger partial charge in [-0.2, -0.15) is 0 Å². The first-order valence-corrected chi connectivity index (χ1v) is 12.9. The number of carbonyl (C=O) groups excluding carboxylic acids is 2. The molecule has 0 aromatic carbocycles. The summed E-state index contributed by atoms with van der Waals surface area (Å²) in [5.74, 6) is 2.46. The molecule has 0 aliphatic carbocycles. The summed E-state index contributed by atoms with van der Waals surface area (Å²) < 4.78 is 11.9. The molecule has 2 aromatic rings. The first kappa shape index (κ1) is 29.4. The highest BCUT2D eigenvalue weighted by Crippen LogP contribution is 2.32. The van der Waals surface area contributed by atoms with Gasteiger partial charge in [0, 0.05) is 0 Å². The van der Waals surface area contributed by atoms with Crippen molar-refractivity contribution in [1.29, 1.82) is 0 Å². The predicted octanol–water partition coefficient (Wildman–Crippen LogP) is 7.15. The number of ether oxygens (including phenoxy) is 2. The Morgan fingerprint density at radius 1 is 1.00 bits per heavy atom. The molecule has 0 atom stereocenters. The number of aryl methyl sites for hydroxylation is 2. The lowest BCUT2D eigenvalue weighted by molar-refractivity contribution is 0.0583. The average Bonchev–Trinajstić information content (AvgIpc) is 3.10. The molecule has 0 fully saturated rings. The zero-order valence-electron chi connectivity index (χ0n) is 19.8. The SMILES string of the molecule is C#CCN(C(=O)OC(C)(C)C)c1sc(Br)nc1C.Cc1nc(Br)sc1NC(=O)OC(C)(C)C. The van der Waals surface area contributed by atoms with E-state index in [0.29, 0.717) is 13.9 Å². The molecule has 0 radical (unpaired) electrons. The zero-order valence-corrected chi connectivity index (χ0v) is 24.6. The van der Waals surface area contributed by atoms with Crippen molar-refractivity contribution in [1.82, 2.24) is 9.97 Å². The van der Waals surface area contributed by atoms with Crippen LogP contribution in [0.5, 0.6) is 0 Å². The second kappa shape index (κ2) is 12.1. The summed E-state index contributed by atoms with van der Waals surface area (Å²) >= 11 is 9.25.